The van der Waals surface area contributed by atoms with Gasteiger partial charge in [-0.15, -0.1) is 6.58 Å². The Kier molecular flexibility index (Phi) is 11.6. The Balaban J connectivity index is 1.17. The Hall–Kier alpha value is -4.42. The van der Waals surface area contributed by atoms with E-state index in [0.29, 0.717) is 18.0 Å². The van der Waals surface area contributed by atoms with E-state index in [1.165, 1.54) is 12.8 Å². The lowest BCUT2D eigenvalue weighted by Gasteiger charge is -2.39. The second-order valence-corrected chi connectivity index (χ2v) is 13.0. The van der Waals surface area contributed by atoms with Crippen LogP contribution in [0.5, 0.6) is 0 Å². The summed E-state index contributed by atoms with van der Waals surface area (Å²) in [5.41, 5.74) is 3.24. The van der Waals surface area contributed by atoms with Crippen LogP contribution in [0, 0.1) is 29.1 Å². The smallest absolute Gasteiger partial charge is 0.257 e. The van der Waals surface area contributed by atoms with E-state index in [1.807, 2.05) is 60.7 Å². The summed E-state index contributed by atoms with van der Waals surface area (Å²) >= 11 is 0. The molecule has 1 saturated heterocycles. The molecule has 0 bridgehead atoms. The standard InChI is InChI=1S/C40H39F5N2O4/c1-2-18-47(30-8-3-4-9-30)22-31-20-32(27-12-10-24(23-48)11-13-27)51-40(50-31)28-16-14-26(15-17-28)29-7-5-6-25(19-29)21-46-39(49)33-34(41)36(43)38(45)37(44)35(33)42/h2,5-7,10-17,19,30-32,40,48H,1,3-4,8-9,18,20-23H2,(H,46,49). The van der Waals surface area contributed by atoms with Crippen molar-refractivity contribution in [1.82, 2.24) is 10.2 Å². The van der Waals surface area contributed by atoms with Gasteiger partial charge in [-0.3, -0.25) is 9.69 Å². The molecule has 51 heavy (non-hydrogen) atoms. The molecule has 11 heteroatoms. The summed E-state index contributed by atoms with van der Waals surface area (Å²) < 4.78 is 82.1. The molecule has 2 N–H and O–H groups in total. The van der Waals surface area contributed by atoms with Crippen molar-refractivity contribution < 1.29 is 41.3 Å². The van der Waals surface area contributed by atoms with Gasteiger partial charge in [0.05, 0.1) is 18.8 Å². The van der Waals surface area contributed by atoms with Crippen LogP contribution in [0.3, 0.4) is 0 Å². The van der Waals surface area contributed by atoms with Gasteiger partial charge in [0, 0.05) is 37.7 Å². The number of nitrogens with one attached hydrogen (secondary N) is 1. The third kappa shape index (κ3) is 8.23. The summed E-state index contributed by atoms with van der Waals surface area (Å²) in [5.74, 6) is -12.5. The normalized spacial score (nSPS) is 19.4. The largest absolute Gasteiger partial charge is 0.392 e. The molecular weight excluding hydrogens is 667 g/mol. The van der Waals surface area contributed by atoms with Crippen molar-refractivity contribution in [1.29, 1.82) is 0 Å². The molecule has 1 saturated carbocycles. The number of rotatable bonds is 12. The van der Waals surface area contributed by atoms with Gasteiger partial charge in [-0.05, 0) is 46.7 Å². The van der Waals surface area contributed by atoms with Crippen LogP contribution in [0.4, 0.5) is 22.0 Å². The molecule has 0 radical (unpaired) electrons. The van der Waals surface area contributed by atoms with Gasteiger partial charge in [0.2, 0.25) is 5.82 Å². The molecule has 0 aromatic heterocycles. The van der Waals surface area contributed by atoms with E-state index in [1.54, 1.807) is 18.2 Å². The van der Waals surface area contributed by atoms with E-state index in [9.17, 15) is 31.9 Å². The number of ether oxygens (including phenoxy) is 2. The number of carbonyl (C=O) groups excluding carboxylic acids is 1. The number of aliphatic hydroxyl groups is 1. The van der Waals surface area contributed by atoms with Crippen molar-refractivity contribution in [3.05, 3.63) is 142 Å². The van der Waals surface area contributed by atoms with Crippen LogP contribution in [-0.2, 0) is 22.6 Å². The molecular formula is C40H39F5N2O4. The van der Waals surface area contributed by atoms with Crippen LogP contribution in [-0.4, -0.2) is 41.1 Å². The van der Waals surface area contributed by atoms with Crippen LogP contribution < -0.4 is 5.32 Å². The maximum absolute atomic E-state index is 14.1. The van der Waals surface area contributed by atoms with E-state index in [-0.39, 0.29) is 25.4 Å². The van der Waals surface area contributed by atoms with Crippen LogP contribution >= 0.6 is 0 Å². The Morgan fingerprint density at radius 3 is 2.12 bits per heavy atom. The van der Waals surface area contributed by atoms with Crippen LogP contribution in [0.25, 0.3) is 11.1 Å². The summed E-state index contributed by atoms with van der Waals surface area (Å²) in [7, 11) is 0. The maximum Gasteiger partial charge on any atom is 0.257 e. The highest BCUT2D eigenvalue weighted by molar-refractivity contribution is 5.94. The molecule has 4 aromatic carbocycles. The second kappa shape index (κ2) is 16.3. The summed E-state index contributed by atoms with van der Waals surface area (Å²) in [4.78, 5) is 14.9. The van der Waals surface area contributed by atoms with Gasteiger partial charge in [-0.2, -0.15) is 0 Å². The highest BCUT2D eigenvalue weighted by atomic mass is 19.2. The summed E-state index contributed by atoms with van der Waals surface area (Å²) in [6, 6.07) is 22.9. The first-order chi connectivity index (χ1) is 24.7. The van der Waals surface area contributed by atoms with Crippen molar-refractivity contribution in [2.75, 3.05) is 13.1 Å². The van der Waals surface area contributed by atoms with Crippen molar-refractivity contribution in [2.45, 2.75) is 69.8 Å². The fourth-order valence-electron chi connectivity index (χ4n) is 6.87. The molecule has 3 unspecified atom stereocenters. The molecule has 268 valence electrons. The number of hydrogen-bond donors (Lipinski definition) is 2. The number of halogens is 5. The SMILES string of the molecule is C=CCN(CC1CC(c2ccc(CO)cc2)OC(c2ccc(-c3cccc(CNC(=O)c4c(F)c(F)c(F)c(F)c4F)c3)cc2)O1)C1CCCC1. The monoisotopic (exact) mass is 706 g/mol. The molecule has 4 aromatic rings. The topological polar surface area (TPSA) is 71.0 Å². The second-order valence-electron chi connectivity index (χ2n) is 13.0. The number of hydrogen-bond acceptors (Lipinski definition) is 5. The summed E-state index contributed by atoms with van der Waals surface area (Å²) in [6.07, 6.45) is 6.39. The lowest BCUT2D eigenvalue weighted by molar-refractivity contribution is -0.253. The van der Waals surface area contributed by atoms with Crippen molar-refractivity contribution in [3.63, 3.8) is 0 Å². The van der Waals surface area contributed by atoms with Gasteiger partial charge < -0.3 is 19.9 Å². The highest BCUT2D eigenvalue weighted by Gasteiger charge is 2.35. The number of nitrogens with zero attached hydrogens (tertiary/aromatic N) is 1. The lowest BCUT2D eigenvalue weighted by Crippen LogP contribution is -2.43. The van der Waals surface area contributed by atoms with Crippen LogP contribution in [0.15, 0.2) is 85.5 Å². The number of aliphatic hydroxyl groups excluding tert-OH is 1. The minimum Gasteiger partial charge on any atom is -0.392 e. The Labute approximate surface area is 293 Å². The molecule has 3 atom stereocenters. The van der Waals surface area contributed by atoms with Gasteiger partial charge in [-0.25, -0.2) is 22.0 Å². The van der Waals surface area contributed by atoms with Gasteiger partial charge >= 0.3 is 0 Å². The van der Waals surface area contributed by atoms with E-state index >= 15 is 0 Å². The van der Waals surface area contributed by atoms with E-state index in [0.717, 1.165) is 53.7 Å². The zero-order valence-electron chi connectivity index (χ0n) is 27.9. The Morgan fingerprint density at radius 2 is 1.47 bits per heavy atom. The molecule has 6 nitrogen and oxygen atoms in total. The van der Waals surface area contributed by atoms with Crippen LogP contribution in [0.2, 0.25) is 0 Å². The lowest BCUT2D eigenvalue weighted by atomic mass is 9.98. The maximum atomic E-state index is 14.1. The number of benzene rings is 4. The van der Waals surface area contributed by atoms with E-state index in [2.05, 4.69) is 16.8 Å². The minimum atomic E-state index is -2.33. The van der Waals surface area contributed by atoms with Crippen LogP contribution in [0.1, 0.15) is 77.1 Å². The summed E-state index contributed by atoms with van der Waals surface area (Å²) in [5, 5.41) is 11.8. The average Bonchev–Trinajstić information content (AvgIpc) is 3.71. The molecule has 2 aliphatic rings. The molecule has 1 amide bonds. The molecule has 1 aliphatic heterocycles. The first kappa shape index (κ1) is 36.4. The molecule has 1 heterocycles. The Morgan fingerprint density at radius 1 is 0.824 bits per heavy atom. The fraction of sp³-hybridized carbons (Fsp3) is 0.325. The quantitative estimate of drug-likeness (QED) is 0.0670. The molecule has 0 spiro atoms. The summed E-state index contributed by atoms with van der Waals surface area (Å²) in [6.45, 7) is 5.24. The van der Waals surface area contributed by atoms with Gasteiger partial charge in [0.1, 0.15) is 5.56 Å². The van der Waals surface area contributed by atoms with Gasteiger partial charge in [0.25, 0.3) is 5.91 Å². The number of amides is 1. The van der Waals surface area contributed by atoms with E-state index in [4.69, 9.17) is 9.47 Å². The first-order valence-electron chi connectivity index (χ1n) is 17.0. The van der Waals surface area contributed by atoms with Crippen molar-refractivity contribution >= 4 is 5.91 Å². The van der Waals surface area contributed by atoms with E-state index < -0.39 is 46.8 Å². The zero-order chi connectivity index (χ0) is 36.1. The predicted molar refractivity (Wildman–Crippen MR) is 182 cm³/mol. The number of carbonyl (C=O) groups is 1. The Bertz CT molecular complexity index is 1820. The predicted octanol–water partition coefficient (Wildman–Crippen LogP) is 8.45. The van der Waals surface area contributed by atoms with Crippen molar-refractivity contribution in [2.24, 2.45) is 0 Å². The van der Waals surface area contributed by atoms with Crippen molar-refractivity contribution in [3.8, 4) is 11.1 Å². The average molecular weight is 707 g/mol. The molecule has 2 fully saturated rings. The molecule has 6 rings (SSSR count). The third-order valence-electron chi connectivity index (χ3n) is 9.59. The fourth-order valence-corrected chi connectivity index (χ4v) is 6.87. The third-order valence-corrected chi connectivity index (χ3v) is 9.59. The highest BCUT2D eigenvalue weighted by Crippen LogP contribution is 2.39. The molecule has 1 aliphatic carbocycles. The first-order valence-corrected chi connectivity index (χ1v) is 17.0. The van der Waals surface area contributed by atoms with Gasteiger partial charge in [-0.1, -0.05) is 85.6 Å². The zero-order valence-corrected chi connectivity index (χ0v) is 27.9. The minimum absolute atomic E-state index is 0.0413. The van der Waals surface area contributed by atoms with Gasteiger partial charge in [0.15, 0.2) is 29.6 Å².